The molecule has 0 bridgehead atoms. The van der Waals surface area contributed by atoms with Crippen molar-refractivity contribution >= 4 is 34.1 Å². The number of carbonyl (C=O) groups excluding carboxylic acids is 1. The Morgan fingerprint density at radius 2 is 1.66 bits per heavy atom. The highest BCUT2D eigenvalue weighted by atomic mass is 16.1. The smallest absolute Gasteiger partial charge is 0.274 e. The molecule has 2 N–H and O–H groups in total. The van der Waals surface area contributed by atoms with Crippen LogP contribution >= 0.6 is 0 Å². The maximum absolute atomic E-state index is 12.9. The molecule has 144 valence electrons. The van der Waals surface area contributed by atoms with Crippen molar-refractivity contribution in [1.82, 2.24) is 15.0 Å². The van der Waals surface area contributed by atoms with E-state index in [2.05, 4.69) is 38.6 Å². The summed E-state index contributed by atoms with van der Waals surface area (Å²) in [6, 6.07) is 17.2. The fourth-order valence-corrected chi connectivity index (χ4v) is 3.14. The van der Waals surface area contributed by atoms with Crippen molar-refractivity contribution in [1.29, 1.82) is 0 Å². The summed E-state index contributed by atoms with van der Waals surface area (Å²) in [6.45, 7) is 5.93. The second-order valence-electron chi connectivity index (χ2n) is 6.93. The topological polar surface area (TPSA) is 79.8 Å². The summed E-state index contributed by atoms with van der Waals surface area (Å²) in [5.41, 5.74) is 5.58. The number of aromatic nitrogens is 3. The molecule has 0 fully saturated rings. The van der Waals surface area contributed by atoms with Gasteiger partial charge in [0.15, 0.2) is 0 Å². The molecule has 0 radical (unpaired) electrons. The number of rotatable bonds is 4. The minimum absolute atomic E-state index is 0.290. The average Bonchev–Trinajstić information content (AvgIpc) is 2.71. The van der Waals surface area contributed by atoms with Gasteiger partial charge in [-0.1, -0.05) is 30.3 Å². The van der Waals surface area contributed by atoms with E-state index in [9.17, 15) is 4.79 Å². The molecule has 0 aliphatic carbocycles. The Hall–Kier alpha value is -3.80. The van der Waals surface area contributed by atoms with Gasteiger partial charge in [0.25, 0.3) is 5.91 Å². The summed E-state index contributed by atoms with van der Waals surface area (Å²) in [6.07, 6.45) is 1.71. The first kappa shape index (κ1) is 18.6. The molecule has 4 aromatic rings. The molecule has 0 aliphatic rings. The van der Waals surface area contributed by atoms with Gasteiger partial charge in [-0.25, -0.2) is 9.97 Å². The third kappa shape index (κ3) is 3.91. The monoisotopic (exact) mass is 383 g/mol. The van der Waals surface area contributed by atoms with Crippen LogP contribution in [0.4, 0.5) is 17.3 Å². The van der Waals surface area contributed by atoms with E-state index >= 15 is 0 Å². The van der Waals surface area contributed by atoms with Crippen molar-refractivity contribution in [3.63, 3.8) is 0 Å². The van der Waals surface area contributed by atoms with Crippen LogP contribution in [0.25, 0.3) is 10.9 Å². The first-order chi connectivity index (χ1) is 14.0. The Balaban J connectivity index is 1.63. The maximum atomic E-state index is 12.9. The molecular weight excluding hydrogens is 362 g/mol. The maximum Gasteiger partial charge on any atom is 0.274 e. The van der Waals surface area contributed by atoms with E-state index in [0.29, 0.717) is 23.0 Å². The van der Waals surface area contributed by atoms with Gasteiger partial charge in [-0.05, 0) is 56.2 Å². The van der Waals surface area contributed by atoms with E-state index in [4.69, 9.17) is 0 Å². The summed E-state index contributed by atoms with van der Waals surface area (Å²) in [7, 11) is 0. The molecule has 6 nitrogen and oxygen atoms in total. The number of amides is 1. The van der Waals surface area contributed by atoms with Crippen LogP contribution < -0.4 is 10.6 Å². The SMILES string of the molecule is Cc1cc(C(=O)Nc2cccc3cccnc23)nc(Nc2cccc(C)c2C)n1. The highest BCUT2D eigenvalue weighted by Crippen LogP contribution is 2.23. The van der Waals surface area contributed by atoms with E-state index in [1.165, 1.54) is 5.56 Å². The van der Waals surface area contributed by atoms with Crippen LogP contribution in [0.3, 0.4) is 0 Å². The number of fused-ring (bicyclic) bond motifs is 1. The minimum Gasteiger partial charge on any atom is -0.324 e. The zero-order chi connectivity index (χ0) is 20.4. The summed E-state index contributed by atoms with van der Waals surface area (Å²) < 4.78 is 0. The van der Waals surface area contributed by atoms with E-state index in [1.807, 2.05) is 56.3 Å². The van der Waals surface area contributed by atoms with Gasteiger partial charge in [-0.15, -0.1) is 0 Å². The standard InChI is InChI=1S/C23H21N5O/c1-14-7-4-10-18(16(14)3)27-23-25-15(2)13-20(28-23)22(29)26-19-11-5-8-17-9-6-12-24-21(17)19/h4-13H,1-3H3,(H,26,29)(H,25,27,28). The van der Waals surface area contributed by atoms with Crippen LogP contribution in [0.1, 0.15) is 27.3 Å². The molecule has 0 spiro atoms. The fourth-order valence-electron chi connectivity index (χ4n) is 3.14. The number of nitrogens with zero attached hydrogens (tertiary/aromatic N) is 3. The number of nitrogens with one attached hydrogen (secondary N) is 2. The number of anilines is 3. The molecule has 0 aliphatic heterocycles. The molecule has 2 heterocycles. The van der Waals surface area contributed by atoms with Crippen molar-refractivity contribution in [2.24, 2.45) is 0 Å². The molecule has 6 heteroatoms. The van der Waals surface area contributed by atoms with Crippen LogP contribution in [0.15, 0.2) is 60.8 Å². The van der Waals surface area contributed by atoms with Crippen molar-refractivity contribution in [3.8, 4) is 0 Å². The molecule has 4 rings (SSSR count). The number of benzene rings is 2. The molecule has 0 unspecified atom stereocenters. The van der Waals surface area contributed by atoms with Crippen molar-refractivity contribution in [2.45, 2.75) is 20.8 Å². The number of para-hydroxylation sites is 1. The average molecular weight is 383 g/mol. The second kappa shape index (κ2) is 7.67. The lowest BCUT2D eigenvalue weighted by atomic mass is 10.1. The Labute approximate surface area is 169 Å². The molecule has 1 amide bonds. The first-order valence-electron chi connectivity index (χ1n) is 9.35. The lowest BCUT2D eigenvalue weighted by Gasteiger charge is -2.12. The van der Waals surface area contributed by atoms with Crippen LogP contribution in [0.2, 0.25) is 0 Å². The second-order valence-corrected chi connectivity index (χ2v) is 6.93. The number of aryl methyl sites for hydroxylation is 2. The van der Waals surface area contributed by atoms with Gasteiger partial charge >= 0.3 is 0 Å². The van der Waals surface area contributed by atoms with E-state index in [0.717, 1.165) is 22.2 Å². The summed E-state index contributed by atoms with van der Waals surface area (Å²) in [4.78, 5) is 26.1. The number of pyridine rings is 1. The third-order valence-corrected chi connectivity index (χ3v) is 4.82. The summed E-state index contributed by atoms with van der Waals surface area (Å²) in [5.74, 6) is 0.0811. The van der Waals surface area contributed by atoms with E-state index in [1.54, 1.807) is 12.3 Å². The Morgan fingerprint density at radius 3 is 2.52 bits per heavy atom. The van der Waals surface area contributed by atoms with Gasteiger partial charge in [-0.2, -0.15) is 0 Å². The molecule has 2 aromatic carbocycles. The van der Waals surface area contributed by atoms with Crippen LogP contribution in [-0.4, -0.2) is 20.9 Å². The number of hydrogen-bond donors (Lipinski definition) is 2. The van der Waals surface area contributed by atoms with Crippen LogP contribution in [0.5, 0.6) is 0 Å². The summed E-state index contributed by atoms with van der Waals surface area (Å²) in [5, 5.41) is 7.11. The van der Waals surface area contributed by atoms with Crippen molar-refractivity contribution in [3.05, 3.63) is 83.3 Å². The molecule has 0 saturated heterocycles. The van der Waals surface area contributed by atoms with Gasteiger partial charge in [0.05, 0.1) is 11.2 Å². The van der Waals surface area contributed by atoms with Crippen molar-refractivity contribution in [2.75, 3.05) is 10.6 Å². The highest BCUT2D eigenvalue weighted by Gasteiger charge is 2.13. The molecule has 0 atom stereocenters. The number of carbonyl (C=O) groups is 1. The largest absolute Gasteiger partial charge is 0.324 e. The fraction of sp³-hybridized carbons (Fsp3) is 0.130. The first-order valence-corrected chi connectivity index (χ1v) is 9.35. The van der Waals surface area contributed by atoms with Crippen LogP contribution in [-0.2, 0) is 0 Å². The number of hydrogen-bond acceptors (Lipinski definition) is 5. The molecule has 0 saturated carbocycles. The quantitative estimate of drug-likeness (QED) is 0.521. The van der Waals surface area contributed by atoms with E-state index < -0.39 is 0 Å². The van der Waals surface area contributed by atoms with E-state index in [-0.39, 0.29) is 5.91 Å². The minimum atomic E-state index is -0.308. The predicted octanol–water partition coefficient (Wildman–Crippen LogP) is 4.95. The van der Waals surface area contributed by atoms with Gasteiger partial charge in [-0.3, -0.25) is 9.78 Å². The van der Waals surface area contributed by atoms with Crippen molar-refractivity contribution < 1.29 is 4.79 Å². The lowest BCUT2D eigenvalue weighted by Crippen LogP contribution is -2.16. The zero-order valence-electron chi connectivity index (χ0n) is 16.5. The highest BCUT2D eigenvalue weighted by molar-refractivity contribution is 6.07. The van der Waals surface area contributed by atoms with Crippen LogP contribution in [0, 0.1) is 20.8 Å². The van der Waals surface area contributed by atoms with Gasteiger partial charge < -0.3 is 10.6 Å². The van der Waals surface area contributed by atoms with Gasteiger partial charge in [0, 0.05) is 23.0 Å². The Morgan fingerprint density at radius 1 is 0.897 bits per heavy atom. The Kier molecular flexibility index (Phi) is 4.91. The predicted molar refractivity (Wildman–Crippen MR) is 116 cm³/mol. The molecule has 29 heavy (non-hydrogen) atoms. The Bertz CT molecular complexity index is 1210. The molecule has 2 aromatic heterocycles. The normalized spacial score (nSPS) is 10.7. The zero-order valence-corrected chi connectivity index (χ0v) is 16.5. The third-order valence-electron chi connectivity index (χ3n) is 4.82. The molecular formula is C23H21N5O. The van der Waals surface area contributed by atoms with Gasteiger partial charge in [0.1, 0.15) is 5.69 Å². The van der Waals surface area contributed by atoms with Gasteiger partial charge in [0.2, 0.25) is 5.95 Å². The summed E-state index contributed by atoms with van der Waals surface area (Å²) >= 11 is 0. The lowest BCUT2D eigenvalue weighted by molar-refractivity contribution is 0.102.